The van der Waals surface area contributed by atoms with Crippen LogP contribution in [0.15, 0.2) is 59.6 Å². The van der Waals surface area contributed by atoms with Crippen molar-refractivity contribution in [3.8, 4) is 0 Å². The Bertz CT molecular complexity index is 754. The van der Waals surface area contributed by atoms with E-state index < -0.39 is 0 Å². The zero-order valence-corrected chi connectivity index (χ0v) is 13.5. The molecule has 0 saturated carbocycles. The number of nitrogens with zero attached hydrogens (tertiary/aromatic N) is 1. The van der Waals surface area contributed by atoms with E-state index in [1.807, 2.05) is 30.3 Å². The van der Waals surface area contributed by atoms with Gasteiger partial charge in [-0.05, 0) is 36.8 Å². The third-order valence-electron chi connectivity index (χ3n) is 3.55. The highest BCUT2D eigenvalue weighted by Gasteiger charge is 2.25. The first-order valence-corrected chi connectivity index (χ1v) is 8.21. The summed E-state index contributed by atoms with van der Waals surface area (Å²) in [7, 11) is 0. The zero-order valence-electron chi connectivity index (χ0n) is 12.7. The molecule has 0 bridgehead atoms. The van der Waals surface area contributed by atoms with Crippen LogP contribution < -0.4 is 5.32 Å². The van der Waals surface area contributed by atoms with E-state index >= 15 is 0 Å². The maximum absolute atomic E-state index is 11.9. The molecule has 23 heavy (non-hydrogen) atoms. The third-order valence-corrected chi connectivity index (χ3v) is 4.69. The van der Waals surface area contributed by atoms with Crippen molar-refractivity contribution < 1.29 is 9.59 Å². The number of Topliss-reactive ketones (excluding diaryl/α,β-unsaturated/α-hetero) is 1. The minimum absolute atomic E-state index is 0.0219. The summed E-state index contributed by atoms with van der Waals surface area (Å²) in [6.07, 6.45) is 0.441. The van der Waals surface area contributed by atoms with E-state index in [0.29, 0.717) is 22.8 Å². The van der Waals surface area contributed by atoms with Crippen LogP contribution in [0.3, 0.4) is 0 Å². The number of hydrogen-bond acceptors (Lipinski definition) is 4. The number of carbonyl (C=O) groups excluding carboxylic acids is 2. The molecule has 0 spiro atoms. The number of amidine groups is 1. The summed E-state index contributed by atoms with van der Waals surface area (Å²) in [5, 5.41) is 3.47. The number of thioether (sulfide) groups is 1. The first-order valence-electron chi connectivity index (χ1n) is 7.33. The Hall–Kier alpha value is -2.40. The molecule has 116 valence electrons. The lowest BCUT2D eigenvalue weighted by Gasteiger charge is -2.23. The minimum Gasteiger partial charge on any atom is -0.305 e. The highest BCUT2D eigenvalue weighted by atomic mass is 32.2. The van der Waals surface area contributed by atoms with Crippen LogP contribution in [0, 0.1) is 0 Å². The summed E-state index contributed by atoms with van der Waals surface area (Å²) in [6, 6.07) is 17.0. The summed E-state index contributed by atoms with van der Waals surface area (Å²) in [6.45, 7) is 1.53. The lowest BCUT2D eigenvalue weighted by molar-refractivity contribution is -0.119. The Balaban J connectivity index is 1.81. The molecule has 5 heteroatoms. The van der Waals surface area contributed by atoms with Gasteiger partial charge in [-0.25, -0.2) is 4.99 Å². The van der Waals surface area contributed by atoms with E-state index in [0.717, 1.165) is 5.56 Å². The topological polar surface area (TPSA) is 58.5 Å². The maximum Gasteiger partial charge on any atom is 0.227 e. The molecule has 1 saturated heterocycles. The Morgan fingerprint density at radius 2 is 1.83 bits per heavy atom. The summed E-state index contributed by atoms with van der Waals surface area (Å²) >= 11 is 1.54. The van der Waals surface area contributed by atoms with Crippen LogP contribution in [0.1, 0.15) is 34.5 Å². The monoisotopic (exact) mass is 324 g/mol. The van der Waals surface area contributed by atoms with Crippen molar-refractivity contribution in [3.63, 3.8) is 0 Å². The van der Waals surface area contributed by atoms with Gasteiger partial charge in [0.25, 0.3) is 0 Å². The predicted molar refractivity (Wildman–Crippen MR) is 93.1 cm³/mol. The second-order valence-corrected chi connectivity index (χ2v) is 6.48. The maximum atomic E-state index is 11.9. The third kappa shape index (κ3) is 3.87. The fraction of sp³-hybridized carbons (Fsp3) is 0.167. The Labute approximate surface area is 139 Å². The smallest absolute Gasteiger partial charge is 0.227 e. The van der Waals surface area contributed by atoms with Crippen molar-refractivity contribution in [2.75, 3.05) is 0 Å². The summed E-state index contributed by atoms with van der Waals surface area (Å²) in [4.78, 5) is 27.7. The molecule has 2 aromatic carbocycles. The minimum atomic E-state index is -0.0308. The highest BCUT2D eigenvalue weighted by molar-refractivity contribution is 8.14. The fourth-order valence-corrected chi connectivity index (χ4v) is 3.47. The van der Waals surface area contributed by atoms with Crippen LogP contribution >= 0.6 is 11.8 Å². The molecule has 1 amide bonds. The zero-order chi connectivity index (χ0) is 16.2. The fourth-order valence-electron chi connectivity index (χ4n) is 2.34. The van der Waals surface area contributed by atoms with Crippen molar-refractivity contribution in [2.45, 2.75) is 18.6 Å². The van der Waals surface area contributed by atoms with Crippen molar-refractivity contribution >= 4 is 34.3 Å². The van der Waals surface area contributed by atoms with Gasteiger partial charge < -0.3 is 5.32 Å². The van der Waals surface area contributed by atoms with Crippen LogP contribution in [-0.2, 0) is 4.79 Å². The molecule has 1 aliphatic rings. The lowest BCUT2D eigenvalue weighted by atomic mass is 10.1. The molecule has 1 heterocycles. The largest absolute Gasteiger partial charge is 0.305 e. The molecule has 2 aromatic rings. The first kappa shape index (κ1) is 15.5. The highest BCUT2D eigenvalue weighted by Crippen LogP contribution is 2.36. The van der Waals surface area contributed by atoms with Gasteiger partial charge >= 0.3 is 0 Å². The SMILES string of the molecule is CC(=O)c1ccc(N=C2NC(=O)CC(c3ccccc3)S2)cc1. The van der Waals surface area contributed by atoms with Crippen LogP contribution in [0.5, 0.6) is 0 Å². The number of hydrogen-bond donors (Lipinski definition) is 1. The molecule has 0 aromatic heterocycles. The molecule has 1 N–H and O–H groups in total. The first-order chi connectivity index (χ1) is 11.1. The van der Waals surface area contributed by atoms with Gasteiger partial charge in [-0.1, -0.05) is 42.1 Å². The van der Waals surface area contributed by atoms with Gasteiger partial charge in [0.1, 0.15) is 0 Å². The van der Waals surface area contributed by atoms with E-state index in [-0.39, 0.29) is 16.9 Å². The van der Waals surface area contributed by atoms with Crippen molar-refractivity contribution in [2.24, 2.45) is 4.99 Å². The van der Waals surface area contributed by atoms with Crippen LogP contribution in [0.2, 0.25) is 0 Å². The van der Waals surface area contributed by atoms with Crippen LogP contribution in [0.25, 0.3) is 0 Å². The molecule has 1 fully saturated rings. The average molecular weight is 324 g/mol. The molecule has 3 rings (SSSR count). The van der Waals surface area contributed by atoms with Crippen molar-refractivity contribution in [1.29, 1.82) is 0 Å². The number of nitrogens with one attached hydrogen (secondary N) is 1. The normalized spacial score (nSPS) is 19.4. The van der Waals surface area contributed by atoms with Gasteiger partial charge in [-0.2, -0.15) is 0 Å². The molecule has 0 radical (unpaired) electrons. The number of rotatable bonds is 3. The number of aliphatic imine (C=N–C) groups is 1. The Morgan fingerprint density at radius 3 is 2.48 bits per heavy atom. The van der Waals surface area contributed by atoms with E-state index in [9.17, 15) is 9.59 Å². The second kappa shape index (κ2) is 6.79. The van der Waals surface area contributed by atoms with Gasteiger partial charge in [0.2, 0.25) is 5.91 Å². The van der Waals surface area contributed by atoms with Gasteiger partial charge in [-0.15, -0.1) is 0 Å². The van der Waals surface area contributed by atoms with Crippen molar-refractivity contribution in [3.05, 3.63) is 65.7 Å². The number of benzene rings is 2. The number of carbonyl (C=O) groups is 2. The molecule has 1 atom stereocenters. The number of amides is 1. The molecular formula is C18H16N2O2S. The summed E-state index contributed by atoms with van der Waals surface area (Å²) < 4.78 is 0. The number of ketones is 1. The summed E-state index contributed by atoms with van der Waals surface area (Å²) in [5.41, 5.74) is 2.48. The molecule has 1 aliphatic heterocycles. The van der Waals surface area contributed by atoms with Gasteiger partial charge in [0.05, 0.1) is 5.69 Å². The Kier molecular flexibility index (Phi) is 4.57. The molecule has 1 unspecified atom stereocenters. The van der Waals surface area contributed by atoms with Gasteiger partial charge in [0.15, 0.2) is 11.0 Å². The second-order valence-electron chi connectivity index (χ2n) is 5.29. The van der Waals surface area contributed by atoms with Crippen LogP contribution in [0.4, 0.5) is 5.69 Å². The van der Waals surface area contributed by atoms with Gasteiger partial charge in [-0.3, -0.25) is 9.59 Å². The lowest BCUT2D eigenvalue weighted by Crippen LogP contribution is -2.34. The van der Waals surface area contributed by atoms with E-state index in [4.69, 9.17) is 0 Å². The van der Waals surface area contributed by atoms with E-state index in [1.165, 1.54) is 6.92 Å². The standard InChI is InChI=1S/C18H16N2O2S/c1-12(21)13-7-9-15(10-8-13)19-18-20-17(22)11-16(23-18)14-5-3-2-4-6-14/h2-10,16H,11H2,1H3,(H,19,20,22). The average Bonchev–Trinajstić information content (AvgIpc) is 2.55. The van der Waals surface area contributed by atoms with E-state index in [2.05, 4.69) is 10.3 Å². The van der Waals surface area contributed by atoms with E-state index in [1.54, 1.807) is 36.0 Å². The van der Waals surface area contributed by atoms with Crippen molar-refractivity contribution in [1.82, 2.24) is 5.32 Å². The molecule has 0 aliphatic carbocycles. The molecule has 4 nitrogen and oxygen atoms in total. The Morgan fingerprint density at radius 1 is 1.13 bits per heavy atom. The predicted octanol–water partition coefficient (Wildman–Crippen LogP) is 3.87. The summed E-state index contributed by atoms with van der Waals surface area (Å²) in [5.74, 6) is -0.00889. The molecular weight excluding hydrogens is 308 g/mol. The van der Waals surface area contributed by atoms with Gasteiger partial charge in [0, 0.05) is 17.2 Å². The quantitative estimate of drug-likeness (QED) is 0.872. The van der Waals surface area contributed by atoms with Crippen LogP contribution in [-0.4, -0.2) is 16.9 Å².